The van der Waals surface area contributed by atoms with Crippen LogP contribution in [0.25, 0.3) is 0 Å². The van der Waals surface area contributed by atoms with E-state index in [0.29, 0.717) is 28.5 Å². The molecule has 5 rings (SSSR count). The van der Waals surface area contributed by atoms with E-state index in [1.807, 2.05) is 19.1 Å². The zero-order valence-electron chi connectivity index (χ0n) is 17.4. The van der Waals surface area contributed by atoms with Crippen LogP contribution >= 0.6 is 0 Å². The third-order valence-corrected chi connectivity index (χ3v) is 5.30. The van der Waals surface area contributed by atoms with Gasteiger partial charge < -0.3 is 14.6 Å². The number of urea groups is 1. The smallest absolute Gasteiger partial charge is 0.469 e. The van der Waals surface area contributed by atoms with Crippen molar-refractivity contribution in [1.82, 2.24) is 5.16 Å². The second kappa shape index (κ2) is 7.45. The largest absolute Gasteiger partial charge is 0.506 e. The van der Waals surface area contributed by atoms with Crippen LogP contribution in [-0.4, -0.2) is 45.9 Å². The van der Waals surface area contributed by atoms with Crippen molar-refractivity contribution in [2.75, 3.05) is 16.8 Å². The number of rotatable bonds is 4. The van der Waals surface area contributed by atoms with Crippen LogP contribution in [0.4, 0.5) is 16.3 Å². The lowest BCUT2D eigenvalue weighted by Gasteiger charge is -2.23. The van der Waals surface area contributed by atoms with Crippen molar-refractivity contribution >= 4 is 35.1 Å². The standard InChI is InChI=1S/C23H18N4O5/c1-13-7-9-15(10-8-13)27-22(29)21-20(16-5-3-4-6-17(16)31-21)26(23(27)30)12-19(28)24-18-11-14(2)32-25-18/h3-11,21H,12H2,1-2H3/p+1. The minimum absolute atomic E-state index is 0.244. The van der Waals surface area contributed by atoms with Gasteiger partial charge in [0.25, 0.3) is 12.0 Å². The molecule has 3 heterocycles. The molecule has 0 spiro atoms. The molecule has 2 aliphatic heterocycles. The monoisotopic (exact) mass is 431 g/mol. The van der Waals surface area contributed by atoms with Crippen LogP contribution in [0.2, 0.25) is 0 Å². The Labute approximate surface area is 182 Å². The maximum absolute atomic E-state index is 13.5. The Morgan fingerprint density at radius 2 is 1.88 bits per heavy atom. The van der Waals surface area contributed by atoms with Crippen molar-refractivity contribution in [1.29, 1.82) is 0 Å². The summed E-state index contributed by atoms with van der Waals surface area (Å²) >= 11 is 0. The van der Waals surface area contributed by atoms with Crippen molar-refractivity contribution in [3.05, 3.63) is 71.5 Å². The minimum Gasteiger partial charge on any atom is -0.469 e. The van der Waals surface area contributed by atoms with Gasteiger partial charge in [-0.25, -0.2) is 4.79 Å². The number of hydrogen-bond donors (Lipinski definition) is 1. The van der Waals surface area contributed by atoms with Crippen LogP contribution in [-0.2, 0) is 9.59 Å². The van der Waals surface area contributed by atoms with Crippen LogP contribution in [0.1, 0.15) is 16.9 Å². The Morgan fingerprint density at radius 1 is 1.12 bits per heavy atom. The van der Waals surface area contributed by atoms with Crippen molar-refractivity contribution in [2.45, 2.75) is 20.0 Å². The van der Waals surface area contributed by atoms with Gasteiger partial charge in [0, 0.05) is 6.07 Å². The summed E-state index contributed by atoms with van der Waals surface area (Å²) in [6, 6.07) is 15.0. The van der Waals surface area contributed by atoms with Crippen LogP contribution in [0.15, 0.2) is 59.1 Å². The van der Waals surface area contributed by atoms with E-state index >= 15 is 0 Å². The molecule has 1 aromatic heterocycles. The fraction of sp³-hybridized carbons (Fsp3) is 0.174. The first-order chi connectivity index (χ1) is 15.4. The molecule has 0 bridgehead atoms. The molecule has 0 fully saturated rings. The summed E-state index contributed by atoms with van der Waals surface area (Å²) < 4.78 is 12.1. The maximum Gasteiger partial charge on any atom is 0.506 e. The average Bonchev–Trinajstić information content (AvgIpc) is 3.36. The molecular formula is C23H19N4O5+. The summed E-state index contributed by atoms with van der Waals surface area (Å²) in [6.45, 7) is 3.29. The SMILES string of the molecule is Cc1ccc(N2C(=O)C3Oc4ccccc4C3=[N+](CC(=O)Nc3cc(C)on3)C2=O)cc1. The van der Waals surface area contributed by atoms with E-state index in [1.54, 1.807) is 49.4 Å². The van der Waals surface area contributed by atoms with Gasteiger partial charge in [0.05, 0.1) is 5.56 Å². The second-order valence-corrected chi connectivity index (χ2v) is 7.63. The van der Waals surface area contributed by atoms with E-state index in [-0.39, 0.29) is 12.4 Å². The molecule has 0 saturated heterocycles. The molecule has 0 radical (unpaired) electrons. The highest BCUT2D eigenvalue weighted by Crippen LogP contribution is 2.33. The zero-order chi connectivity index (χ0) is 22.4. The Bertz CT molecular complexity index is 1290. The Morgan fingerprint density at radius 3 is 2.59 bits per heavy atom. The molecule has 2 aromatic carbocycles. The average molecular weight is 431 g/mol. The fourth-order valence-corrected chi connectivity index (χ4v) is 3.83. The van der Waals surface area contributed by atoms with Gasteiger partial charge in [0.1, 0.15) is 17.2 Å². The van der Waals surface area contributed by atoms with Crippen molar-refractivity contribution in [3.63, 3.8) is 0 Å². The first-order valence-corrected chi connectivity index (χ1v) is 10.0. The van der Waals surface area contributed by atoms with Gasteiger partial charge in [-0.15, -0.1) is 4.90 Å². The predicted octanol–water partition coefficient (Wildman–Crippen LogP) is 2.66. The Hall–Kier alpha value is -4.27. The molecular weight excluding hydrogens is 412 g/mol. The zero-order valence-corrected chi connectivity index (χ0v) is 17.4. The lowest BCUT2D eigenvalue weighted by atomic mass is 10.0. The van der Waals surface area contributed by atoms with Gasteiger partial charge in [0.15, 0.2) is 18.1 Å². The Kier molecular flexibility index (Phi) is 4.58. The third kappa shape index (κ3) is 3.24. The van der Waals surface area contributed by atoms with E-state index < -0.39 is 23.9 Å². The highest BCUT2D eigenvalue weighted by Gasteiger charge is 2.54. The predicted molar refractivity (Wildman–Crippen MR) is 114 cm³/mol. The number of nitrogens with one attached hydrogen (secondary N) is 1. The summed E-state index contributed by atoms with van der Waals surface area (Å²) in [5.41, 5.74) is 2.35. The van der Waals surface area contributed by atoms with Crippen LogP contribution < -0.4 is 15.0 Å². The number of benzene rings is 2. The molecule has 0 aliphatic carbocycles. The van der Waals surface area contributed by atoms with Crippen LogP contribution in [0, 0.1) is 13.8 Å². The van der Waals surface area contributed by atoms with Gasteiger partial charge in [-0.3, -0.25) is 4.79 Å². The highest BCUT2D eigenvalue weighted by molar-refractivity contribution is 6.29. The van der Waals surface area contributed by atoms with Crippen LogP contribution in [0.3, 0.4) is 0 Å². The number of amides is 4. The molecule has 1 unspecified atom stereocenters. The molecule has 160 valence electrons. The topological polar surface area (TPSA) is 105 Å². The number of fused-ring (bicyclic) bond motifs is 3. The number of carbonyl (C=O) groups excluding carboxylic acids is 3. The van der Waals surface area contributed by atoms with Crippen molar-refractivity contribution in [2.24, 2.45) is 0 Å². The molecule has 32 heavy (non-hydrogen) atoms. The molecule has 3 aromatic rings. The third-order valence-electron chi connectivity index (χ3n) is 5.30. The number of nitrogens with zero attached hydrogens (tertiary/aromatic N) is 3. The number of carbonyl (C=O) groups is 3. The molecule has 9 nitrogen and oxygen atoms in total. The van der Waals surface area contributed by atoms with Crippen LogP contribution in [0.5, 0.6) is 5.75 Å². The fourth-order valence-electron chi connectivity index (χ4n) is 3.83. The van der Waals surface area contributed by atoms with E-state index in [2.05, 4.69) is 10.5 Å². The number of ether oxygens (including phenoxy) is 1. The van der Waals surface area contributed by atoms with E-state index in [1.165, 1.54) is 4.58 Å². The first kappa shape index (κ1) is 19.7. The highest BCUT2D eigenvalue weighted by atomic mass is 16.5. The molecule has 1 N–H and O–H groups in total. The lowest BCUT2D eigenvalue weighted by molar-refractivity contribution is -0.416. The molecule has 9 heteroatoms. The van der Waals surface area contributed by atoms with Crippen molar-refractivity contribution in [3.8, 4) is 5.75 Å². The number of anilines is 2. The normalized spacial score (nSPS) is 17.2. The van der Waals surface area contributed by atoms with Gasteiger partial charge in [-0.1, -0.05) is 35.0 Å². The lowest BCUT2D eigenvalue weighted by Crippen LogP contribution is -2.59. The molecule has 4 amide bonds. The van der Waals surface area contributed by atoms with E-state index in [9.17, 15) is 14.4 Å². The number of hydrogen-bond acceptors (Lipinski definition) is 6. The summed E-state index contributed by atoms with van der Waals surface area (Å²) in [5, 5.41) is 6.36. The van der Waals surface area contributed by atoms with Gasteiger partial charge in [-0.05, 0) is 38.1 Å². The Balaban J connectivity index is 1.57. The van der Waals surface area contributed by atoms with Gasteiger partial charge in [-0.2, -0.15) is 9.37 Å². The molecule has 2 aliphatic rings. The first-order valence-electron chi connectivity index (χ1n) is 10.0. The quantitative estimate of drug-likeness (QED) is 0.637. The maximum atomic E-state index is 13.5. The summed E-state index contributed by atoms with van der Waals surface area (Å²) in [6.07, 6.45) is -1.03. The second-order valence-electron chi connectivity index (χ2n) is 7.63. The summed E-state index contributed by atoms with van der Waals surface area (Å²) in [7, 11) is 0. The van der Waals surface area contributed by atoms with E-state index in [4.69, 9.17) is 9.26 Å². The van der Waals surface area contributed by atoms with Crippen molar-refractivity contribution < 1.29 is 28.2 Å². The van der Waals surface area contributed by atoms with Gasteiger partial charge >= 0.3 is 11.9 Å². The molecule has 0 saturated carbocycles. The van der Waals surface area contributed by atoms with Gasteiger partial charge in [0.2, 0.25) is 0 Å². The number of para-hydroxylation sites is 1. The summed E-state index contributed by atoms with van der Waals surface area (Å²) in [5.74, 6) is 0.275. The number of imide groups is 1. The number of aryl methyl sites for hydroxylation is 2. The van der Waals surface area contributed by atoms with E-state index in [0.717, 1.165) is 10.5 Å². The number of aromatic nitrogens is 1. The molecule has 1 atom stereocenters. The minimum atomic E-state index is -1.03. The summed E-state index contributed by atoms with van der Waals surface area (Å²) in [4.78, 5) is 40.6.